The highest BCUT2D eigenvalue weighted by Crippen LogP contribution is 2.30. The van der Waals surface area contributed by atoms with E-state index in [9.17, 15) is 27.5 Å². The second-order valence-corrected chi connectivity index (χ2v) is 6.11. The van der Waals surface area contributed by atoms with Crippen molar-refractivity contribution in [3.8, 4) is 0 Å². The van der Waals surface area contributed by atoms with Crippen molar-refractivity contribution < 1.29 is 27.5 Å². The summed E-state index contributed by atoms with van der Waals surface area (Å²) in [5.74, 6) is -2.05. The van der Waals surface area contributed by atoms with Gasteiger partial charge in [-0.25, -0.2) is 4.39 Å². The van der Waals surface area contributed by atoms with Crippen molar-refractivity contribution in [1.82, 2.24) is 5.32 Å². The average Bonchev–Trinajstić information content (AvgIpc) is 2.98. The van der Waals surface area contributed by atoms with Crippen LogP contribution in [0.1, 0.15) is 27.7 Å². The van der Waals surface area contributed by atoms with Gasteiger partial charge in [-0.05, 0) is 36.6 Å². The van der Waals surface area contributed by atoms with Crippen molar-refractivity contribution in [3.05, 3.63) is 57.5 Å². The smallest absolute Gasteiger partial charge is 0.383 e. The Labute approximate surface area is 133 Å². The first-order valence-electron chi connectivity index (χ1n) is 6.52. The lowest BCUT2D eigenvalue weighted by Gasteiger charge is -2.22. The Morgan fingerprint density at radius 1 is 1.30 bits per heavy atom. The summed E-state index contributed by atoms with van der Waals surface area (Å²) in [5.41, 5.74) is -3.07. The number of nitrogens with one attached hydrogen (secondary N) is 1. The molecule has 1 aromatic carbocycles. The van der Waals surface area contributed by atoms with E-state index in [-0.39, 0.29) is 6.54 Å². The maximum absolute atomic E-state index is 13.3. The minimum Gasteiger partial charge on any atom is -0.383 e. The monoisotopic (exact) mass is 347 g/mol. The molecule has 2 rings (SSSR count). The third-order valence-electron chi connectivity index (χ3n) is 3.13. The molecule has 124 valence electrons. The molecule has 0 saturated carbocycles. The highest BCUT2D eigenvalue weighted by atomic mass is 32.1. The van der Waals surface area contributed by atoms with Crippen LogP contribution in [-0.2, 0) is 11.8 Å². The zero-order valence-corrected chi connectivity index (χ0v) is 12.8. The van der Waals surface area contributed by atoms with Crippen LogP contribution in [0.3, 0.4) is 0 Å². The van der Waals surface area contributed by atoms with Gasteiger partial charge in [-0.2, -0.15) is 13.2 Å². The van der Waals surface area contributed by atoms with E-state index < -0.39 is 34.6 Å². The fourth-order valence-corrected chi connectivity index (χ4v) is 2.70. The van der Waals surface area contributed by atoms with Crippen LogP contribution in [0.4, 0.5) is 17.6 Å². The average molecular weight is 347 g/mol. The van der Waals surface area contributed by atoms with E-state index in [0.717, 1.165) is 0 Å². The van der Waals surface area contributed by atoms with Crippen LogP contribution in [0.25, 0.3) is 0 Å². The first kappa shape index (κ1) is 17.4. The summed E-state index contributed by atoms with van der Waals surface area (Å²) < 4.78 is 51.2. The fourth-order valence-electron chi connectivity index (χ4n) is 1.91. The zero-order chi connectivity index (χ0) is 17.3. The van der Waals surface area contributed by atoms with E-state index in [2.05, 4.69) is 5.32 Å². The van der Waals surface area contributed by atoms with E-state index in [0.29, 0.717) is 23.1 Å². The number of aliphatic hydroxyl groups is 1. The highest BCUT2D eigenvalue weighted by molar-refractivity contribution is 7.10. The minimum absolute atomic E-state index is 0.218. The van der Waals surface area contributed by atoms with Crippen molar-refractivity contribution in [3.63, 3.8) is 0 Å². The molecule has 1 atom stereocenters. The van der Waals surface area contributed by atoms with E-state index >= 15 is 0 Å². The summed E-state index contributed by atoms with van der Waals surface area (Å²) in [6.45, 7) is 1.25. The van der Waals surface area contributed by atoms with Crippen LogP contribution in [-0.4, -0.2) is 17.6 Å². The van der Waals surface area contributed by atoms with E-state index in [1.807, 2.05) is 0 Å². The third kappa shape index (κ3) is 4.29. The Hall–Kier alpha value is -1.93. The molecule has 0 spiro atoms. The van der Waals surface area contributed by atoms with E-state index in [4.69, 9.17) is 0 Å². The van der Waals surface area contributed by atoms with Crippen molar-refractivity contribution in [2.45, 2.75) is 18.7 Å². The van der Waals surface area contributed by atoms with Crippen LogP contribution in [0, 0.1) is 5.82 Å². The maximum Gasteiger partial charge on any atom is 0.416 e. The van der Waals surface area contributed by atoms with Gasteiger partial charge < -0.3 is 10.4 Å². The Morgan fingerprint density at radius 2 is 2.00 bits per heavy atom. The van der Waals surface area contributed by atoms with Gasteiger partial charge in [-0.3, -0.25) is 4.79 Å². The van der Waals surface area contributed by atoms with Gasteiger partial charge >= 0.3 is 6.18 Å². The lowest BCUT2D eigenvalue weighted by molar-refractivity contribution is -0.137. The Bertz CT molecular complexity index is 696. The zero-order valence-electron chi connectivity index (χ0n) is 11.9. The number of thiophene rings is 1. The van der Waals surface area contributed by atoms with Gasteiger partial charge in [-0.1, -0.05) is 6.07 Å². The number of halogens is 4. The van der Waals surface area contributed by atoms with Crippen LogP contribution in [0.15, 0.2) is 35.7 Å². The summed E-state index contributed by atoms with van der Waals surface area (Å²) in [4.78, 5) is 12.5. The topological polar surface area (TPSA) is 49.3 Å². The lowest BCUT2D eigenvalue weighted by Crippen LogP contribution is -2.38. The van der Waals surface area contributed by atoms with Crippen molar-refractivity contribution in [2.24, 2.45) is 0 Å². The van der Waals surface area contributed by atoms with Gasteiger partial charge in [0, 0.05) is 10.4 Å². The SMILES string of the molecule is CC(O)(CNC(=O)c1cc(F)cc(C(F)(F)F)c1)c1cccs1. The Kier molecular flexibility index (Phi) is 4.76. The normalized spacial score (nSPS) is 14.3. The first-order chi connectivity index (χ1) is 10.6. The van der Waals surface area contributed by atoms with Crippen LogP contribution < -0.4 is 5.32 Å². The minimum atomic E-state index is -4.75. The van der Waals surface area contributed by atoms with Crippen molar-refractivity contribution >= 4 is 17.2 Å². The van der Waals surface area contributed by atoms with Crippen molar-refractivity contribution in [1.29, 1.82) is 0 Å². The molecule has 1 amide bonds. The Balaban J connectivity index is 2.14. The summed E-state index contributed by atoms with van der Waals surface area (Å²) in [6, 6.07) is 4.99. The summed E-state index contributed by atoms with van der Waals surface area (Å²) >= 11 is 1.28. The molecule has 0 aliphatic rings. The van der Waals surface area contributed by atoms with Crippen LogP contribution in [0.2, 0.25) is 0 Å². The molecule has 0 radical (unpaired) electrons. The van der Waals surface area contributed by atoms with Crippen LogP contribution >= 0.6 is 11.3 Å². The predicted molar refractivity (Wildman–Crippen MR) is 77.6 cm³/mol. The molecule has 1 heterocycles. The summed E-state index contributed by atoms with van der Waals surface area (Å²) in [7, 11) is 0. The molecular formula is C15H13F4NO2S. The predicted octanol–water partition coefficient (Wildman–Crippen LogP) is 3.54. The quantitative estimate of drug-likeness (QED) is 0.831. The molecule has 23 heavy (non-hydrogen) atoms. The second kappa shape index (κ2) is 6.29. The molecule has 1 aromatic heterocycles. The summed E-state index contributed by atoms with van der Waals surface area (Å²) in [5, 5.41) is 14.3. The van der Waals surface area contributed by atoms with Gasteiger partial charge in [0.2, 0.25) is 0 Å². The molecule has 0 aliphatic heterocycles. The highest BCUT2D eigenvalue weighted by Gasteiger charge is 2.32. The number of alkyl halides is 3. The number of benzene rings is 1. The largest absolute Gasteiger partial charge is 0.416 e. The van der Waals surface area contributed by atoms with Gasteiger partial charge in [0.25, 0.3) is 5.91 Å². The third-order valence-corrected chi connectivity index (χ3v) is 4.26. The molecule has 0 bridgehead atoms. The molecule has 2 N–H and O–H groups in total. The number of carbonyl (C=O) groups is 1. The van der Waals surface area contributed by atoms with Gasteiger partial charge in [0.15, 0.2) is 0 Å². The standard InChI is InChI=1S/C15H13F4NO2S/c1-14(22,12-3-2-4-23-12)8-20-13(21)9-5-10(15(17,18)19)7-11(16)6-9/h2-7,22H,8H2,1H3,(H,20,21). The van der Waals surface area contributed by atoms with Gasteiger partial charge in [-0.15, -0.1) is 11.3 Å². The number of carbonyl (C=O) groups excluding carboxylic acids is 1. The number of amides is 1. The molecule has 2 aromatic rings. The summed E-state index contributed by atoms with van der Waals surface area (Å²) in [6.07, 6.45) is -4.75. The molecule has 0 aliphatic carbocycles. The fraction of sp³-hybridized carbons (Fsp3) is 0.267. The number of hydrogen-bond acceptors (Lipinski definition) is 3. The molecule has 1 unspecified atom stereocenters. The number of hydrogen-bond donors (Lipinski definition) is 2. The number of rotatable bonds is 4. The molecule has 0 saturated heterocycles. The maximum atomic E-state index is 13.3. The Morgan fingerprint density at radius 3 is 2.57 bits per heavy atom. The molecule has 3 nitrogen and oxygen atoms in total. The molecule has 8 heteroatoms. The van der Waals surface area contributed by atoms with Gasteiger partial charge in [0.1, 0.15) is 11.4 Å². The van der Waals surface area contributed by atoms with Gasteiger partial charge in [0.05, 0.1) is 12.1 Å². The van der Waals surface area contributed by atoms with E-state index in [1.54, 1.807) is 17.5 Å². The molecular weight excluding hydrogens is 334 g/mol. The van der Waals surface area contributed by atoms with Crippen LogP contribution in [0.5, 0.6) is 0 Å². The first-order valence-corrected chi connectivity index (χ1v) is 7.40. The molecule has 0 fully saturated rings. The second-order valence-electron chi connectivity index (χ2n) is 5.16. The van der Waals surface area contributed by atoms with E-state index in [1.165, 1.54) is 18.3 Å². The van der Waals surface area contributed by atoms with Crippen molar-refractivity contribution in [2.75, 3.05) is 6.54 Å². The lowest BCUT2D eigenvalue weighted by atomic mass is 10.0.